The maximum absolute atomic E-state index is 12.6. The number of methoxy groups -OCH3 is 1. The van der Waals surface area contributed by atoms with Crippen molar-refractivity contribution >= 4 is 26.7 Å². The van der Waals surface area contributed by atoms with E-state index in [-0.39, 0.29) is 6.10 Å². The van der Waals surface area contributed by atoms with Gasteiger partial charge in [-0.15, -0.1) is 0 Å². The molecule has 1 aliphatic rings. The third kappa shape index (κ3) is 2.60. The van der Waals surface area contributed by atoms with E-state index in [2.05, 4.69) is 10.3 Å². The fraction of sp³-hybridized carbons (Fsp3) is 0.462. The molecule has 20 heavy (non-hydrogen) atoms. The van der Waals surface area contributed by atoms with E-state index in [1.807, 2.05) is 0 Å². The minimum Gasteiger partial charge on any atom is -0.381 e. The number of hydrogen-bond acceptors (Lipinski definition) is 4. The number of nitrogens with zero attached hydrogens (tertiary/aromatic N) is 1. The van der Waals surface area contributed by atoms with Crippen LogP contribution in [0.1, 0.15) is 18.4 Å². The second-order valence-electron chi connectivity index (χ2n) is 4.87. The molecule has 1 N–H and O–H groups in total. The minimum atomic E-state index is -4.33. The highest BCUT2D eigenvalue weighted by Crippen LogP contribution is 2.35. The summed E-state index contributed by atoms with van der Waals surface area (Å²) in [5.74, 6) is 0. The first-order chi connectivity index (χ1) is 9.45. The Kier molecular flexibility index (Phi) is 3.33. The first-order valence-corrected chi connectivity index (χ1v) is 7.04. The molecule has 0 saturated heterocycles. The van der Waals surface area contributed by atoms with Gasteiger partial charge in [0.1, 0.15) is 0 Å². The third-order valence-electron chi connectivity index (χ3n) is 3.47. The summed E-state index contributed by atoms with van der Waals surface area (Å²) in [7, 11) is 1.68. The Morgan fingerprint density at radius 3 is 2.75 bits per heavy atom. The molecule has 2 aromatic rings. The Morgan fingerprint density at radius 2 is 2.10 bits per heavy atom. The van der Waals surface area contributed by atoms with E-state index >= 15 is 0 Å². The van der Waals surface area contributed by atoms with E-state index in [0.717, 1.165) is 29.7 Å². The molecule has 3 rings (SSSR count). The number of thiazole rings is 1. The summed E-state index contributed by atoms with van der Waals surface area (Å²) in [6, 6.07) is 3.95. The number of halogens is 3. The van der Waals surface area contributed by atoms with E-state index < -0.39 is 11.7 Å². The Bertz CT molecular complexity index is 620. The van der Waals surface area contributed by atoms with E-state index in [1.165, 1.54) is 17.4 Å². The Balaban J connectivity index is 1.77. The fourth-order valence-electron chi connectivity index (χ4n) is 2.22. The van der Waals surface area contributed by atoms with Gasteiger partial charge in [0.05, 0.1) is 21.9 Å². The lowest BCUT2D eigenvalue weighted by molar-refractivity contribution is -0.137. The monoisotopic (exact) mass is 302 g/mol. The van der Waals surface area contributed by atoms with Gasteiger partial charge >= 0.3 is 6.18 Å². The molecule has 1 fully saturated rings. The molecule has 7 heteroatoms. The topological polar surface area (TPSA) is 34.1 Å². The first kappa shape index (κ1) is 13.6. The highest BCUT2D eigenvalue weighted by atomic mass is 32.1. The highest BCUT2D eigenvalue weighted by molar-refractivity contribution is 7.22. The Hall–Kier alpha value is -1.34. The molecule has 0 unspecified atom stereocenters. The van der Waals surface area contributed by atoms with Gasteiger partial charge in [0.25, 0.3) is 0 Å². The Morgan fingerprint density at radius 1 is 1.35 bits per heavy atom. The van der Waals surface area contributed by atoms with Crippen molar-refractivity contribution in [1.82, 2.24) is 4.98 Å². The van der Waals surface area contributed by atoms with Crippen LogP contribution in [0.15, 0.2) is 18.2 Å². The molecule has 1 aliphatic carbocycles. The number of fused-ring (bicyclic) bond motifs is 1. The van der Waals surface area contributed by atoms with Gasteiger partial charge in [-0.05, 0) is 31.0 Å². The summed E-state index contributed by atoms with van der Waals surface area (Å²) in [6.45, 7) is 0. The molecule has 0 amide bonds. The van der Waals surface area contributed by atoms with E-state index in [4.69, 9.17) is 4.74 Å². The Labute approximate surface area is 117 Å². The zero-order chi connectivity index (χ0) is 14.3. The molecular formula is C13H13F3N2OS. The van der Waals surface area contributed by atoms with Gasteiger partial charge in [-0.1, -0.05) is 11.3 Å². The highest BCUT2D eigenvalue weighted by Gasteiger charge is 2.31. The van der Waals surface area contributed by atoms with Crippen LogP contribution < -0.4 is 5.32 Å². The lowest BCUT2D eigenvalue weighted by Crippen LogP contribution is -2.40. The number of aromatic nitrogens is 1. The minimum absolute atomic E-state index is 0.277. The second-order valence-corrected chi connectivity index (χ2v) is 5.90. The normalized spacial score (nSPS) is 22.8. The van der Waals surface area contributed by atoms with E-state index in [9.17, 15) is 13.2 Å². The largest absolute Gasteiger partial charge is 0.416 e. The number of hydrogen-bond donors (Lipinski definition) is 1. The van der Waals surface area contributed by atoms with Crippen LogP contribution in [0.5, 0.6) is 0 Å². The number of rotatable bonds is 3. The summed E-state index contributed by atoms with van der Waals surface area (Å²) >= 11 is 1.37. The van der Waals surface area contributed by atoms with E-state index in [0.29, 0.717) is 16.7 Å². The van der Waals surface area contributed by atoms with Gasteiger partial charge in [0.15, 0.2) is 5.13 Å². The molecule has 1 saturated carbocycles. The molecule has 0 aliphatic heterocycles. The summed E-state index contributed by atoms with van der Waals surface area (Å²) < 4.78 is 43.8. The zero-order valence-corrected chi connectivity index (χ0v) is 11.5. The quantitative estimate of drug-likeness (QED) is 0.933. The van der Waals surface area contributed by atoms with Crippen molar-refractivity contribution in [3.05, 3.63) is 23.8 Å². The molecule has 108 valence electrons. The molecule has 1 aromatic carbocycles. The van der Waals surface area contributed by atoms with Crippen molar-refractivity contribution in [3.8, 4) is 0 Å². The van der Waals surface area contributed by atoms with Gasteiger partial charge in [-0.2, -0.15) is 13.2 Å². The standard InChI is InChI=1S/C13H13F3N2OS/c1-19-9-5-8(6-9)17-12-18-10-4-7(13(14,15)16)2-3-11(10)20-12/h2-4,8-9H,5-6H2,1H3,(H,17,18). The summed E-state index contributed by atoms with van der Waals surface area (Å²) in [5, 5.41) is 3.90. The van der Waals surface area contributed by atoms with Crippen molar-refractivity contribution < 1.29 is 17.9 Å². The first-order valence-electron chi connectivity index (χ1n) is 6.23. The number of ether oxygens (including phenoxy) is 1. The van der Waals surface area contributed by atoms with Crippen molar-refractivity contribution in [3.63, 3.8) is 0 Å². The lowest BCUT2D eigenvalue weighted by atomic mass is 9.89. The van der Waals surface area contributed by atoms with Gasteiger partial charge < -0.3 is 10.1 Å². The van der Waals surface area contributed by atoms with Gasteiger partial charge in [0, 0.05) is 13.2 Å². The van der Waals surface area contributed by atoms with Crippen LogP contribution in [0.4, 0.5) is 18.3 Å². The number of anilines is 1. The second kappa shape index (κ2) is 4.89. The van der Waals surface area contributed by atoms with Crippen LogP contribution in [0.25, 0.3) is 10.2 Å². The maximum Gasteiger partial charge on any atom is 0.416 e. The molecule has 1 heterocycles. The molecule has 1 aromatic heterocycles. The van der Waals surface area contributed by atoms with Crippen LogP contribution in [0, 0.1) is 0 Å². The zero-order valence-electron chi connectivity index (χ0n) is 10.7. The van der Waals surface area contributed by atoms with Gasteiger partial charge in [-0.3, -0.25) is 0 Å². The maximum atomic E-state index is 12.6. The summed E-state index contributed by atoms with van der Waals surface area (Å²) in [6.07, 6.45) is -2.25. The van der Waals surface area contributed by atoms with Crippen molar-refractivity contribution in [1.29, 1.82) is 0 Å². The SMILES string of the molecule is COC1CC(Nc2nc3cc(C(F)(F)F)ccc3s2)C1. The third-order valence-corrected chi connectivity index (χ3v) is 4.44. The molecule has 0 atom stereocenters. The van der Waals surface area contributed by atoms with Crippen LogP contribution in [-0.2, 0) is 10.9 Å². The molecule has 0 spiro atoms. The van der Waals surface area contributed by atoms with Crippen LogP contribution in [-0.4, -0.2) is 24.2 Å². The molecular weight excluding hydrogens is 289 g/mol. The molecule has 3 nitrogen and oxygen atoms in total. The number of alkyl halides is 3. The predicted octanol–water partition coefficient (Wildman–Crippen LogP) is 3.90. The smallest absolute Gasteiger partial charge is 0.381 e. The van der Waals surface area contributed by atoms with Gasteiger partial charge in [0.2, 0.25) is 0 Å². The van der Waals surface area contributed by atoms with Crippen LogP contribution >= 0.6 is 11.3 Å². The number of benzene rings is 1. The summed E-state index contributed by atoms with van der Waals surface area (Å²) in [5.41, 5.74) is -0.278. The van der Waals surface area contributed by atoms with E-state index in [1.54, 1.807) is 7.11 Å². The predicted molar refractivity (Wildman–Crippen MR) is 72.1 cm³/mol. The van der Waals surface area contributed by atoms with Crippen LogP contribution in [0.3, 0.4) is 0 Å². The lowest BCUT2D eigenvalue weighted by Gasteiger charge is -2.34. The average Bonchev–Trinajstić information content (AvgIpc) is 2.73. The van der Waals surface area contributed by atoms with Crippen molar-refractivity contribution in [2.24, 2.45) is 0 Å². The van der Waals surface area contributed by atoms with Crippen LogP contribution in [0.2, 0.25) is 0 Å². The molecule has 0 radical (unpaired) electrons. The average molecular weight is 302 g/mol. The molecule has 0 bridgehead atoms. The number of nitrogens with one attached hydrogen (secondary N) is 1. The fourth-order valence-corrected chi connectivity index (χ4v) is 3.14. The van der Waals surface area contributed by atoms with Crippen molar-refractivity contribution in [2.75, 3.05) is 12.4 Å². The summed E-state index contributed by atoms with van der Waals surface area (Å²) in [4.78, 5) is 4.23. The van der Waals surface area contributed by atoms with Crippen molar-refractivity contribution in [2.45, 2.75) is 31.2 Å². The van der Waals surface area contributed by atoms with Gasteiger partial charge in [-0.25, -0.2) is 4.98 Å².